The van der Waals surface area contributed by atoms with Crippen molar-refractivity contribution < 1.29 is 0 Å². The molecule has 0 aliphatic rings. The van der Waals surface area contributed by atoms with Crippen molar-refractivity contribution in [3.63, 3.8) is 0 Å². The number of nitrogens with zero attached hydrogens (tertiary/aromatic N) is 3. The number of hydrogen-bond acceptors (Lipinski definition) is 2. The van der Waals surface area contributed by atoms with Gasteiger partial charge < -0.3 is 0 Å². The second kappa shape index (κ2) is 5.36. The molecule has 0 aliphatic carbocycles. The summed E-state index contributed by atoms with van der Waals surface area (Å²) in [5.41, 5.74) is 5.22. The molecule has 0 atom stereocenters. The third kappa shape index (κ3) is 2.99. The molecule has 0 saturated heterocycles. The number of hydrogen-bond donors (Lipinski definition) is 0. The maximum atomic E-state index is 4.28. The zero-order valence-corrected chi connectivity index (χ0v) is 11.6. The van der Waals surface area contributed by atoms with Gasteiger partial charge in [0.2, 0.25) is 0 Å². The number of aromatic nitrogens is 2. The van der Waals surface area contributed by atoms with Gasteiger partial charge >= 0.3 is 0 Å². The molecule has 0 saturated carbocycles. The van der Waals surface area contributed by atoms with Crippen LogP contribution in [-0.4, -0.2) is 21.7 Å². The zero-order chi connectivity index (χ0) is 13.1. The molecule has 3 heteroatoms. The van der Waals surface area contributed by atoms with Crippen LogP contribution in [0, 0.1) is 13.8 Å². The molecular weight excluding hydrogens is 222 g/mol. The van der Waals surface area contributed by atoms with Crippen molar-refractivity contribution in [1.82, 2.24) is 14.7 Å². The van der Waals surface area contributed by atoms with Crippen LogP contribution in [0.1, 0.15) is 22.4 Å². The molecule has 2 aromatic rings. The molecule has 0 bridgehead atoms. The van der Waals surface area contributed by atoms with E-state index in [1.807, 2.05) is 17.9 Å². The highest BCUT2D eigenvalue weighted by molar-refractivity contribution is 5.22. The molecule has 0 amide bonds. The van der Waals surface area contributed by atoms with Crippen LogP contribution in [0.15, 0.2) is 30.5 Å². The smallest absolute Gasteiger partial charge is 0.0537 e. The molecule has 1 aromatic carbocycles. The molecule has 1 heterocycles. The quantitative estimate of drug-likeness (QED) is 0.823. The van der Waals surface area contributed by atoms with Crippen LogP contribution >= 0.6 is 0 Å². The highest BCUT2D eigenvalue weighted by Gasteiger charge is 2.07. The summed E-state index contributed by atoms with van der Waals surface area (Å²) < 4.78 is 1.93. The molecule has 18 heavy (non-hydrogen) atoms. The molecule has 0 spiro atoms. The summed E-state index contributed by atoms with van der Waals surface area (Å²) in [4.78, 5) is 2.32. The van der Waals surface area contributed by atoms with Gasteiger partial charge in [-0.1, -0.05) is 29.8 Å². The van der Waals surface area contributed by atoms with Crippen LogP contribution in [0.3, 0.4) is 0 Å². The monoisotopic (exact) mass is 243 g/mol. The van der Waals surface area contributed by atoms with Crippen molar-refractivity contribution in [3.05, 3.63) is 52.8 Å². The molecule has 2 rings (SSSR count). The lowest BCUT2D eigenvalue weighted by atomic mass is 10.1. The van der Waals surface area contributed by atoms with Crippen molar-refractivity contribution in [1.29, 1.82) is 0 Å². The lowest BCUT2D eigenvalue weighted by Crippen LogP contribution is -2.17. The summed E-state index contributed by atoms with van der Waals surface area (Å²) in [6.07, 6.45) is 1.96. The Morgan fingerprint density at radius 3 is 2.61 bits per heavy atom. The van der Waals surface area contributed by atoms with E-state index >= 15 is 0 Å². The number of rotatable bonds is 4. The van der Waals surface area contributed by atoms with E-state index in [-0.39, 0.29) is 0 Å². The van der Waals surface area contributed by atoms with E-state index in [0.29, 0.717) is 0 Å². The molecule has 0 fully saturated rings. The van der Waals surface area contributed by atoms with Gasteiger partial charge in [0.25, 0.3) is 0 Å². The lowest BCUT2D eigenvalue weighted by molar-refractivity contribution is 0.318. The van der Waals surface area contributed by atoms with E-state index < -0.39 is 0 Å². The Labute approximate surface area is 109 Å². The van der Waals surface area contributed by atoms with Crippen LogP contribution in [-0.2, 0) is 20.1 Å². The Kier molecular flexibility index (Phi) is 3.82. The molecule has 1 aromatic heterocycles. The molecule has 0 unspecified atom stereocenters. The molecule has 3 nitrogen and oxygen atoms in total. The van der Waals surface area contributed by atoms with Crippen molar-refractivity contribution in [2.24, 2.45) is 7.05 Å². The van der Waals surface area contributed by atoms with Gasteiger partial charge in [-0.2, -0.15) is 5.10 Å². The van der Waals surface area contributed by atoms with Gasteiger partial charge in [0.15, 0.2) is 0 Å². The van der Waals surface area contributed by atoms with Crippen molar-refractivity contribution in [3.8, 4) is 0 Å². The van der Waals surface area contributed by atoms with Crippen molar-refractivity contribution in [2.45, 2.75) is 26.9 Å². The average molecular weight is 243 g/mol. The topological polar surface area (TPSA) is 21.1 Å². The summed E-state index contributed by atoms with van der Waals surface area (Å²) >= 11 is 0. The normalized spacial score (nSPS) is 11.2. The Morgan fingerprint density at radius 2 is 2.00 bits per heavy atom. The van der Waals surface area contributed by atoms with Crippen LogP contribution in [0.4, 0.5) is 0 Å². The fraction of sp³-hybridized carbons (Fsp3) is 0.400. The molecular formula is C15H21N3. The minimum Gasteiger partial charge on any atom is -0.298 e. The van der Waals surface area contributed by atoms with E-state index in [2.05, 4.69) is 55.2 Å². The maximum absolute atomic E-state index is 4.28. The Morgan fingerprint density at radius 1 is 1.22 bits per heavy atom. The molecule has 0 radical (unpaired) electrons. The van der Waals surface area contributed by atoms with Crippen molar-refractivity contribution in [2.75, 3.05) is 7.05 Å². The lowest BCUT2D eigenvalue weighted by Gasteiger charge is -2.16. The van der Waals surface area contributed by atoms with Gasteiger partial charge in [0.05, 0.1) is 6.20 Å². The van der Waals surface area contributed by atoms with Gasteiger partial charge in [-0.25, -0.2) is 0 Å². The van der Waals surface area contributed by atoms with Crippen LogP contribution < -0.4 is 0 Å². The fourth-order valence-corrected chi connectivity index (χ4v) is 2.17. The summed E-state index contributed by atoms with van der Waals surface area (Å²) in [6.45, 7) is 6.15. The average Bonchev–Trinajstić information content (AvgIpc) is 2.61. The second-order valence-electron chi connectivity index (χ2n) is 5.04. The molecule has 0 N–H and O–H groups in total. The highest BCUT2D eigenvalue weighted by atomic mass is 15.3. The Hall–Kier alpha value is -1.61. The van der Waals surface area contributed by atoms with Gasteiger partial charge in [-0.15, -0.1) is 0 Å². The van der Waals surface area contributed by atoms with Crippen LogP contribution in [0.5, 0.6) is 0 Å². The Balaban J connectivity index is 2.01. The third-order valence-electron chi connectivity index (χ3n) is 3.31. The first kappa shape index (κ1) is 12.8. The minimum absolute atomic E-state index is 0.938. The second-order valence-corrected chi connectivity index (χ2v) is 5.04. The first-order chi connectivity index (χ1) is 8.56. The largest absolute Gasteiger partial charge is 0.298 e. The molecule has 0 aliphatic heterocycles. The first-order valence-corrected chi connectivity index (χ1v) is 6.28. The van der Waals surface area contributed by atoms with E-state index in [9.17, 15) is 0 Å². The van der Waals surface area contributed by atoms with Gasteiger partial charge in [-0.3, -0.25) is 9.58 Å². The summed E-state index contributed by atoms with van der Waals surface area (Å²) in [7, 11) is 4.13. The zero-order valence-electron chi connectivity index (χ0n) is 11.6. The third-order valence-corrected chi connectivity index (χ3v) is 3.31. The number of benzene rings is 1. The van der Waals surface area contributed by atoms with Gasteiger partial charge in [-0.05, 0) is 26.5 Å². The fourth-order valence-electron chi connectivity index (χ4n) is 2.17. The summed E-state index contributed by atoms with van der Waals surface area (Å²) in [5, 5.41) is 4.28. The minimum atomic E-state index is 0.938. The van der Waals surface area contributed by atoms with E-state index in [0.717, 1.165) is 13.1 Å². The standard InChI is InChI=1S/C15H21N3/c1-12-6-5-7-14(8-12)10-17(3)11-15-9-16-18(4)13(15)2/h5-9H,10-11H2,1-4H3. The first-order valence-electron chi connectivity index (χ1n) is 6.28. The summed E-state index contributed by atoms with van der Waals surface area (Å²) in [6, 6.07) is 8.68. The van der Waals surface area contributed by atoms with Crippen molar-refractivity contribution >= 4 is 0 Å². The predicted molar refractivity (Wildman–Crippen MR) is 74.3 cm³/mol. The van der Waals surface area contributed by atoms with Gasteiger partial charge in [0.1, 0.15) is 0 Å². The van der Waals surface area contributed by atoms with E-state index in [4.69, 9.17) is 0 Å². The van der Waals surface area contributed by atoms with Gasteiger partial charge in [0, 0.05) is 31.4 Å². The molecule has 96 valence electrons. The SMILES string of the molecule is Cc1cccc(CN(C)Cc2cnn(C)c2C)c1. The highest BCUT2D eigenvalue weighted by Crippen LogP contribution is 2.12. The Bertz CT molecular complexity index is 528. The number of aryl methyl sites for hydroxylation is 2. The van der Waals surface area contributed by atoms with E-state index in [1.165, 1.54) is 22.4 Å². The van der Waals surface area contributed by atoms with Crippen LogP contribution in [0.2, 0.25) is 0 Å². The predicted octanol–water partition coefficient (Wildman–Crippen LogP) is 2.67. The van der Waals surface area contributed by atoms with E-state index in [1.54, 1.807) is 0 Å². The maximum Gasteiger partial charge on any atom is 0.0537 e. The van der Waals surface area contributed by atoms with Crippen LogP contribution in [0.25, 0.3) is 0 Å². The summed E-state index contributed by atoms with van der Waals surface area (Å²) in [5.74, 6) is 0.